The second-order valence-electron chi connectivity index (χ2n) is 6.08. The van der Waals surface area contributed by atoms with E-state index in [4.69, 9.17) is 0 Å². The summed E-state index contributed by atoms with van der Waals surface area (Å²) in [5.74, 6) is 0. The van der Waals surface area contributed by atoms with E-state index in [2.05, 4.69) is 44.5 Å². The van der Waals surface area contributed by atoms with Gasteiger partial charge in [0.1, 0.15) is 0 Å². The fraction of sp³-hybridized carbons (Fsp3) is 0.529. The maximum absolute atomic E-state index is 4.51. The normalized spacial score (nSPS) is 19.3. The molecule has 2 aromatic rings. The Morgan fingerprint density at radius 1 is 1.23 bits per heavy atom. The molecule has 0 spiro atoms. The molecule has 3 heterocycles. The van der Waals surface area contributed by atoms with E-state index in [9.17, 15) is 0 Å². The topological polar surface area (TPSA) is 56.8 Å². The van der Waals surface area contributed by atoms with Crippen molar-refractivity contribution in [3.63, 3.8) is 0 Å². The van der Waals surface area contributed by atoms with Gasteiger partial charge >= 0.3 is 0 Å². The smallest absolute Gasteiger partial charge is 0.0544 e. The van der Waals surface area contributed by atoms with Crippen LogP contribution in [0.2, 0.25) is 0 Å². The van der Waals surface area contributed by atoms with Crippen LogP contribution in [0.3, 0.4) is 0 Å². The Kier molecular flexibility index (Phi) is 5.19. The van der Waals surface area contributed by atoms with Crippen LogP contribution in [0.15, 0.2) is 30.6 Å². The van der Waals surface area contributed by atoms with Gasteiger partial charge in [-0.2, -0.15) is 5.10 Å². The van der Waals surface area contributed by atoms with Crippen LogP contribution in [0.4, 0.5) is 0 Å². The molecule has 2 aromatic heterocycles. The van der Waals surface area contributed by atoms with Gasteiger partial charge in [0.25, 0.3) is 0 Å². The second-order valence-corrected chi connectivity index (χ2v) is 6.08. The lowest BCUT2D eigenvalue weighted by Gasteiger charge is -2.30. The summed E-state index contributed by atoms with van der Waals surface area (Å²) >= 11 is 0. The van der Waals surface area contributed by atoms with Crippen molar-refractivity contribution in [1.29, 1.82) is 0 Å². The van der Waals surface area contributed by atoms with Crippen LogP contribution in [-0.4, -0.2) is 39.2 Å². The highest BCUT2D eigenvalue weighted by Crippen LogP contribution is 2.20. The summed E-state index contributed by atoms with van der Waals surface area (Å²) in [5.41, 5.74) is 3.59. The standard InChI is InChI=1S/C17H25N5/c1-14-15(11-20-21-14)12-22(13-16-5-2-3-9-19-16)17-6-4-8-18-10-7-17/h2-3,5,9,11,17-18H,4,6-8,10,12-13H2,1H3,(H,20,21). The van der Waals surface area contributed by atoms with Crippen LogP contribution in [0.25, 0.3) is 0 Å². The molecule has 1 unspecified atom stereocenters. The van der Waals surface area contributed by atoms with Gasteiger partial charge in [-0.1, -0.05) is 6.07 Å². The minimum absolute atomic E-state index is 0.603. The zero-order valence-corrected chi connectivity index (χ0v) is 13.3. The van der Waals surface area contributed by atoms with E-state index in [1.807, 2.05) is 18.5 Å². The Labute approximate surface area is 132 Å². The molecule has 3 rings (SSSR count). The molecule has 5 nitrogen and oxygen atoms in total. The van der Waals surface area contributed by atoms with Gasteiger partial charge in [0.2, 0.25) is 0 Å². The highest BCUT2D eigenvalue weighted by Gasteiger charge is 2.21. The van der Waals surface area contributed by atoms with Crippen LogP contribution < -0.4 is 5.32 Å². The van der Waals surface area contributed by atoms with Crippen molar-refractivity contribution >= 4 is 0 Å². The van der Waals surface area contributed by atoms with Gasteiger partial charge in [0.05, 0.1) is 11.9 Å². The maximum Gasteiger partial charge on any atom is 0.0544 e. The van der Waals surface area contributed by atoms with Crippen molar-refractivity contribution in [3.05, 3.63) is 47.5 Å². The SMILES string of the molecule is Cc1[nH]ncc1CN(Cc1ccccn1)C1CCCNCC1. The first-order chi connectivity index (χ1) is 10.8. The number of pyridine rings is 1. The third kappa shape index (κ3) is 3.93. The fourth-order valence-electron chi connectivity index (χ4n) is 3.13. The van der Waals surface area contributed by atoms with Crippen LogP contribution >= 0.6 is 0 Å². The first-order valence-electron chi connectivity index (χ1n) is 8.16. The molecule has 0 bridgehead atoms. The van der Waals surface area contributed by atoms with Crippen molar-refractivity contribution in [2.24, 2.45) is 0 Å². The number of aromatic nitrogens is 3. The lowest BCUT2D eigenvalue weighted by atomic mass is 10.1. The Morgan fingerprint density at radius 2 is 2.18 bits per heavy atom. The molecule has 1 atom stereocenters. The van der Waals surface area contributed by atoms with E-state index in [1.165, 1.54) is 24.8 Å². The number of hydrogen-bond acceptors (Lipinski definition) is 4. The Balaban J connectivity index is 1.76. The van der Waals surface area contributed by atoms with E-state index in [-0.39, 0.29) is 0 Å². The van der Waals surface area contributed by atoms with E-state index < -0.39 is 0 Å². The first kappa shape index (κ1) is 15.2. The minimum Gasteiger partial charge on any atom is -0.317 e. The van der Waals surface area contributed by atoms with Gasteiger partial charge in [-0.25, -0.2) is 0 Å². The second kappa shape index (κ2) is 7.51. The summed E-state index contributed by atoms with van der Waals surface area (Å²) < 4.78 is 0. The third-order valence-corrected chi connectivity index (χ3v) is 4.46. The Bertz CT molecular complexity index is 557. The van der Waals surface area contributed by atoms with Crippen molar-refractivity contribution in [2.45, 2.75) is 45.3 Å². The number of H-pyrrole nitrogens is 1. The zero-order chi connectivity index (χ0) is 15.2. The number of aryl methyl sites for hydroxylation is 1. The van der Waals surface area contributed by atoms with Crippen molar-refractivity contribution in [2.75, 3.05) is 13.1 Å². The molecule has 0 saturated carbocycles. The number of rotatable bonds is 5. The van der Waals surface area contributed by atoms with Crippen molar-refractivity contribution < 1.29 is 0 Å². The molecule has 1 fully saturated rings. The fourth-order valence-corrected chi connectivity index (χ4v) is 3.13. The average molecular weight is 299 g/mol. The molecule has 0 radical (unpaired) electrons. The largest absolute Gasteiger partial charge is 0.317 e. The van der Waals surface area contributed by atoms with Gasteiger partial charge in [-0.05, 0) is 51.4 Å². The monoisotopic (exact) mass is 299 g/mol. The molecule has 5 heteroatoms. The molecule has 1 saturated heterocycles. The number of nitrogens with one attached hydrogen (secondary N) is 2. The number of hydrogen-bond donors (Lipinski definition) is 2. The van der Waals surface area contributed by atoms with E-state index >= 15 is 0 Å². The quantitative estimate of drug-likeness (QED) is 0.889. The molecule has 0 amide bonds. The molecule has 2 N–H and O–H groups in total. The van der Waals surface area contributed by atoms with E-state index in [0.29, 0.717) is 6.04 Å². The molecule has 0 aromatic carbocycles. The molecular weight excluding hydrogens is 274 g/mol. The van der Waals surface area contributed by atoms with E-state index in [0.717, 1.165) is 37.6 Å². The van der Waals surface area contributed by atoms with Gasteiger partial charge in [0, 0.05) is 36.6 Å². The summed E-state index contributed by atoms with van der Waals surface area (Å²) in [4.78, 5) is 7.07. The van der Waals surface area contributed by atoms with Crippen molar-refractivity contribution in [3.8, 4) is 0 Å². The van der Waals surface area contributed by atoms with Crippen LogP contribution in [-0.2, 0) is 13.1 Å². The summed E-state index contributed by atoms with van der Waals surface area (Å²) in [6, 6.07) is 6.76. The van der Waals surface area contributed by atoms with Gasteiger partial charge in [-0.3, -0.25) is 15.0 Å². The van der Waals surface area contributed by atoms with Crippen molar-refractivity contribution in [1.82, 2.24) is 25.4 Å². The average Bonchev–Trinajstić information content (AvgIpc) is 2.79. The van der Waals surface area contributed by atoms with Gasteiger partial charge in [0.15, 0.2) is 0 Å². The highest BCUT2D eigenvalue weighted by atomic mass is 15.2. The molecule has 22 heavy (non-hydrogen) atoms. The molecule has 0 aliphatic carbocycles. The Morgan fingerprint density at radius 3 is 2.95 bits per heavy atom. The van der Waals surface area contributed by atoms with Gasteiger partial charge in [-0.15, -0.1) is 0 Å². The van der Waals surface area contributed by atoms with Crippen LogP contribution in [0.5, 0.6) is 0 Å². The first-order valence-corrected chi connectivity index (χ1v) is 8.16. The molecule has 118 valence electrons. The highest BCUT2D eigenvalue weighted by molar-refractivity contribution is 5.15. The van der Waals surface area contributed by atoms with Crippen LogP contribution in [0.1, 0.15) is 36.2 Å². The summed E-state index contributed by atoms with van der Waals surface area (Å²) in [6.07, 6.45) is 7.52. The predicted octanol–water partition coefficient (Wildman–Crippen LogP) is 2.26. The summed E-state index contributed by atoms with van der Waals surface area (Å²) in [5, 5.41) is 10.7. The maximum atomic E-state index is 4.51. The molecule has 1 aliphatic heterocycles. The molecule has 1 aliphatic rings. The predicted molar refractivity (Wildman–Crippen MR) is 87.3 cm³/mol. The zero-order valence-electron chi connectivity index (χ0n) is 13.3. The van der Waals surface area contributed by atoms with E-state index in [1.54, 1.807) is 0 Å². The summed E-state index contributed by atoms with van der Waals surface area (Å²) in [7, 11) is 0. The minimum atomic E-state index is 0.603. The third-order valence-electron chi connectivity index (χ3n) is 4.46. The number of aromatic amines is 1. The lowest BCUT2D eigenvalue weighted by Crippen LogP contribution is -2.35. The summed E-state index contributed by atoms with van der Waals surface area (Å²) in [6.45, 7) is 6.17. The molecular formula is C17H25N5. The number of nitrogens with zero attached hydrogens (tertiary/aromatic N) is 3. The Hall–Kier alpha value is -1.72. The van der Waals surface area contributed by atoms with Gasteiger partial charge < -0.3 is 5.32 Å². The lowest BCUT2D eigenvalue weighted by molar-refractivity contribution is 0.162. The van der Waals surface area contributed by atoms with Crippen LogP contribution in [0, 0.1) is 6.92 Å².